The van der Waals surface area contributed by atoms with Crippen molar-refractivity contribution in [3.8, 4) is 11.5 Å². The van der Waals surface area contributed by atoms with Crippen molar-refractivity contribution in [3.63, 3.8) is 0 Å². The maximum atomic E-state index is 14.5. The van der Waals surface area contributed by atoms with E-state index in [-0.39, 0.29) is 28.9 Å². The van der Waals surface area contributed by atoms with E-state index < -0.39 is 29.2 Å². The fourth-order valence-corrected chi connectivity index (χ4v) is 3.11. The van der Waals surface area contributed by atoms with Crippen LogP contribution in [-0.2, 0) is 10.7 Å². The molecule has 2 aromatic carbocycles. The molecule has 1 heterocycles. The zero-order valence-electron chi connectivity index (χ0n) is 18.4. The molecule has 1 aliphatic rings. The van der Waals surface area contributed by atoms with Crippen LogP contribution in [0.3, 0.4) is 0 Å². The van der Waals surface area contributed by atoms with Gasteiger partial charge < -0.3 is 20.7 Å². The monoisotopic (exact) mass is 488 g/mol. The van der Waals surface area contributed by atoms with Crippen LogP contribution in [0.2, 0.25) is 0 Å². The molecule has 0 unspecified atom stereocenters. The zero-order chi connectivity index (χ0) is 25.2. The molecule has 3 N–H and O–H groups in total. The average molecular weight is 488 g/mol. The van der Waals surface area contributed by atoms with Gasteiger partial charge in [0.05, 0.1) is 5.69 Å². The van der Waals surface area contributed by atoms with Crippen molar-refractivity contribution >= 4 is 29.1 Å². The summed E-state index contributed by atoms with van der Waals surface area (Å²) >= 11 is 0. The highest BCUT2D eigenvalue weighted by Crippen LogP contribution is 2.32. The largest absolute Gasteiger partial charge is 0.457 e. The van der Waals surface area contributed by atoms with E-state index in [1.54, 1.807) is 0 Å². The Hall–Kier alpha value is -4.15. The fraction of sp³-hybridized carbons (Fsp3) is 0.208. The van der Waals surface area contributed by atoms with Crippen molar-refractivity contribution < 1.29 is 31.9 Å². The standard InChI is InChI=1S/C24H20F4N4O3/c1-24(27,28)14-8-15(25)10-16(9-14)30-23(34)31-20-5-4-17(11-19(20)26)35-18-6-7-29-21(12-18)32-22(33)13-2-3-13/h4-13H,2-3H2,1H3,(H,29,32,33)(H2,30,31,34). The van der Waals surface area contributed by atoms with Crippen LogP contribution in [0, 0.1) is 17.6 Å². The third-order valence-electron chi connectivity index (χ3n) is 5.02. The zero-order valence-corrected chi connectivity index (χ0v) is 18.4. The molecule has 0 saturated heterocycles. The lowest BCUT2D eigenvalue weighted by Crippen LogP contribution is -2.20. The molecule has 35 heavy (non-hydrogen) atoms. The van der Waals surface area contributed by atoms with Crippen LogP contribution in [0.4, 0.5) is 39.5 Å². The van der Waals surface area contributed by atoms with Gasteiger partial charge in [-0.2, -0.15) is 0 Å². The van der Waals surface area contributed by atoms with E-state index in [1.807, 2.05) is 0 Å². The minimum atomic E-state index is -3.31. The number of hydrogen-bond donors (Lipinski definition) is 3. The number of alkyl halides is 2. The number of anilines is 3. The molecule has 4 rings (SSSR count). The number of carbonyl (C=O) groups is 2. The van der Waals surface area contributed by atoms with Crippen molar-refractivity contribution in [3.05, 3.63) is 71.9 Å². The molecule has 7 nitrogen and oxygen atoms in total. The predicted molar refractivity (Wildman–Crippen MR) is 121 cm³/mol. The first-order valence-electron chi connectivity index (χ1n) is 10.6. The third-order valence-corrected chi connectivity index (χ3v) is 5.02. The smallest absolute Gasteiger partial charge is 0.323 e. The Kier molecular flexibility index (Phi) is 6.59. The van der Waals surface area contributed by atoms with Crippen molar-refractivity contribution in [2.45, 2.75) is 25.7 Å². The maximum Gasteiger partial charge on any atom is 0.323 e. The van der Waals surface area contributed by atoms with Crippen LogP contribution in [0.1, 0.15) is 25.3 Å². The van der Waals surface area contributed by atoms with E-state index in [4.69, 9.17) is 4.74 Å². The highest BCUT2D eigenvalue weighted by Gasteiger charge is 2.30. The number of nitrogens with one attached hydrogen (secondary N) is 3. The molecule has 0 radical (unpaired) electrons. The van der Waals surface area contributed by atoms with Crippen LogP contribution in [-0.4, -0.2) is 16.9 Å². The molecule has 1 aliphatic carbocycles. The number of urea groups is 1. The molecule has 1 aromatic heterocycles. The van der Waals surface area contributed by atoms with Gasteiger partial charge in [-0.1, -0.05) is 0 Å². The average Bonchev–Trinajstić information content (AvgIpc) is 3.60. The summed E-state index contributed by atoms with van der Waals surface area (Å²) in [5.74, 6) is -4.51. The summed E-state index contributed by atoms with van der Waals surface area (Å²) in [5.41, 5.74) is -1.06. The SMILES string of the molecule is CC(F)(F)c1cc(F)cc(NC(=O)Nc2ccc(Oc3ccnc(NC(=O)C4CC4)c3)cc2F)c1. The van der Waals surface area contributed by atoms with Gasteiger partial charge in [0.2, 0.25) is 5.91 Å². The van der Waals surface area contributed by atoms with E-state index in [1.165, 1.54) is 30.5 Å². The molecule has 11 heteroatoms. The van der Waals surface area contributed by atoms with E-state index in [9.17, 15) is 27.2 Å². The predicted octanol–water partition coefficient (Wildman–Crippen LogP) is 6.26. The van der Waals surface area contributed by atoms with Crippen molar-refractivity contribution in [2.24, 2.45) is 5.92 Å². The van der Waals surface area contributed by atoms with Crippen LogP contribution in [0.25, 0.3) is 0 Å². The van der Waals surface area contributed by atoms with Crippen molar-refractivity contribution in [1.29, 1.82) is 0 Å². The van der Waals surface area contributed by atoms with Crippen molar-refractivity contribution in [2.75, 3.05) is 16.0 Å². The van der Waals surface area contributed by atoms with E-state index in [0.717, 1.165) is 31.0 Å². The number of amides is 3. The number of aromatic nitrogens is 1. The van der Waals surface area contributed by atoms with Crippen molar-refractivity contribution in [1.82, 2.24) is 4.98 Å². The molecule has 3 aromatic rings. The number of benzene rings is 2. The molecule has 1 fully saturated rings. The Balaban J connectivity index is 1.39. The highest BCUT2D eigenvalue weighted by atomic mass is 19.3. The summed E-state index contributed by atoms with van der Waals surface area (Å²) in [4.78, 5) is 28.1. The minimum Gasteiger partial charge on any atom is -0.457 e. The molecule has 182 valence electrons. The Morgan fingerprint density at radius 3 is 2.40 bits per heavy atom. The summed E-state index contributed by atoms with van der Waals surface area (Å²) in [6, 6.07) is 8.15. The molecule has 0 bridgehead atoms. The molecule has 3 amide bonds. The second kappa shape index (κ2) is 9.61. The topological polar surface area (TPSA) is 92.3 Å². The Morgan fingerprint density at radius 2 is 1.71 bits per heavy atom. The number of carbonyl (C=O) groups excluding carboxylic acids is 2. The number of nitrogens with zero attached hydrogens (tertiary/aromatic N) is 1. The molecule has 1 saturated carbocycles. The number of rotatable bonds is 7. The Labute approximate surface area is 197 Å². The third kappa shape index (κ3) is 6.46. The highest BCUT2D eigenvalue weighted by molar-refractivity contribution is 6.00. The number of ether oxygens (including phenoxy) is 1. The molecule has 0 atom stereocenters. The summed E-state index contributed by atoms with van der Waals surface area (Å²) in [5, 5.41) is 7.11. The first kappa shape index (κ1) is 24.0. The molecular formula is C24H20F4N4O3. The number of hydrogen-bond acceptors (Lipinski definition) is 4. The van der Waals surface area contributed by atoms with E-state index in [0.29, 0.717) is 24.6 Å². The van der Waals surface area contributed by atoms with Gasteiger partial charge in [0.15, 0.2) is 0 Å². The molecule has 0 spiro atoms. The first-order valence-corrected chi connectivity index (χ1v) is 10.6. The maximum absolute atomic E-state index is 14.5. The summed E-state index contributed by atoms with van der Waals surface area (Å²) in [7, 11) is 0. The van der Waals surface area contributed by atoms with E-state index >= 15 is 0 Å². The minimum absolute atomic E-state index is 0.00303. The summed E-state index contributed by atoms with van der Waals surface area (Å²) in [6.45, 7) is 0.599. The van der Waals surface area contributed by atoms with Crippen LogP contribution < -0.4 is 20.7 Å². The Morgan fingerprint density at radius 1 is 0.971 bits per heavy atom. The first-order chi connectivity index (χ1) is 16.6. The van der Waals surface area contributed by atoms with Gasteiger partial charge in [-0.15, -0.1) is 0 Å². The van der Waals surface area contributed by atoms with Gasteiger partial charge in [-0.25, -0.2) is 27.3 Å². The fourth-order valence-electron chi connectivity index (χ4n) is 3.11. The number of pyridine rings is 1. The lowest BCUT2D eigenvalue weighted by molar-refractivity contribution is -0.117. The summed E-state index contributed by atoms with van der Waals surface area (Å²) < 4.78 is 60.7. The van der Waals surface area contributed by atoms with Gasteiger partial charge in [0, 0.05) is 42.4 Å². The van der Waals surface area contributed by atoms with Gasteiger partial charge >= 0.3 is 6.03 Å². The van der Waals surface area contributed by atoms with Crippen LogP contribution in [0.15, 0.2) is 54.7 Å². The molecule has 0 aliphatic heterocycles. The van der Waals surface area contributed by atoms with Crippen LogP contribution >= 0.6 is 0 Å². The van der Waals surface area contributed by atoms with Gasteiger partial charge in [-0.05, 0) is 49.2 Å². The number of halogens is 4. The van der Waals surface area contributed by atoms with E-state index in [2.05, 4.69) is 20.9 Å². The summed E-state index contributed by atoms with van der Waals surface area (Å²) in [6.07, 6.45) is 3.12. The lowest BCUT2D eigenvalue weighted by Gasteiger charge is -2.14. The second-order valence-electron chi connectivity index (χ2n) is 8.08. The van der Waals surface area contributed by atoms with Gasteiger partial charge in [0.25, 0.3) is 5.92 Å². The van der Waals surface area contributed by atoms with Gasteiger partial charge in [-0.3, -0.25) is 4.79 Å². The van der Waals surface area contributed by atoms with Gasteiger partial charge in [0.1, 0.15) is 29.0 Å². The van der Waals surface area contributed by atoms with Crippen LogP contribution in [0.5, 0.6) is 11.5 Å². The Bertz CT molecular complexity index is 1280. The normalized spacial score (nSPS) is 13.2. The second-order valence-corrected chi connectivity index (χ2v) is 8.08. The quantitative estimate of drug-likeness (QED) is 0.343. The lowest BCUT2D eigenvalue weighted by atomic mass is 10.1. The molecular weight excluding hydrogens is 468 g/mol.